The number of alkyl carbamates (subject to hydrolysis) is 2. The average Bonchev–Trinajstić information content (AvgIpc) is 3.45. The van der Waals surface area contributed by atoms with Crippen LogP contribution in [-0.4, -0.2) is 125 Å². The summed E-state index contributed by atoms with van der Waals surface area (Å²) >= 11 is 0. The number of carbonyl (C=O) groups excluding carboxylic acids is 4. The van der Waals surface area contributed by atoms with Gasteiger partial charge in [0.15, 0.2) is 6.29 Å². The number of ether oxygens (including phenoxy) is 6. The van der Waals surface area contributed by atoms with Crippen molar-refractivity contribution in [2.45, 2.75) is 307 Å². The van der Waals surface area contributed by atoms with Gasteiger partial charge in [-0.2, -0.15) is 0 Å². The monoisotopic (exact) mass is 1120 g/mol. The Morgan fingerprint density at radius 2 is 1.00 bits per heavy atom. The molecule has 0 unspecified atom stereocenters. The largest absolute Gasteiger partial charge is 0.460 e. The van der Waals surface area contributed by atoms with Gasteiger partial charge in [0.1, 0.15) is 49.8 Å². The first-order valence-electron chi connectivity index (χ1n) is 31.3. The molecule has 17 nitrogen and oxygen atoms in total. The second-order valence-corrected chi connectivity index (χ2v) is 22.0. The molecule has 2 amide bonds. The minimum Gasteiger partial charge on any atom is -0.460 e. The zero-order chi connectivity index (χ0) is 57.4. The van der Waals surface area contributed by atoms with Gasteiger partial charge in [-0.15, -0.1) is 0 Å². The Kier molecular flexibility index (Phi) is 44.4. The standard InChI is InChI=1S/C62H110N2O15/c1-3-5-7-9-11-13-15-17-18-19-20-21-22-23-24-25-26-27-29-31-33-35-40-44-54(66)78-52(43-39-34-32-30-28-16-14-12-10-8-6-4-2)56(68)51(48-74-60-59(71)58(70)57(69)53(46-65)79-60)64-62(73)77-49-76-55(67)45-63-61(72)75-47-50-41-37-36-38-42-50/h36-38,41-42,51-53,56-60,65,68-71H,3-35,39-40,43-49H2,1-2H3,(H,63,72)(H,64,73)/t51-,52+,53+,56-,57-,58-,59+,60-/m0/s1. The van der Waals surface area contributed by atoms with Gasteiger partial charge in [0.05, 0.1) is 19.3 Å². The van der Waals surface area contributed by atoms with Crippen molar-refractivity contribution in [2.75, 3.05) is 26.6 Å². The van der Waals surface area contributed by atoms with Gasteiger partial charge in [-0.05, 0) is 24.8 Å². The van der Waals surface area contributed by atoms with Crippen molar-refractivity contribution >= 4 is 24.1 Å². The van der Waals surface area contributed by atoms with Crippen molar-refractivity contribution in [3.8, 4) is 0 Å². The predicted molar refractivity (Wildman–Crippen MR) is 307 cm³/mol. The number of hydrogen-bond acceptors (Lipinski definition) is 15. The smallest absolute Gasteiger partial charge is 0.410 e. The summed E-state index contributed by atoms with van der Waals surface area (Å²) in [5, 5.41) is 57.8. The molecule has 1 fully saturated rings. The van der Waals surface area contributed by atoms with Crippen molar-refractivity contribution < 1.29 is 73.1 Å². The summed E-state index contributed by atoms with van der Waals surface area (Å²) in [6, 6.07) is 7.56. The molecule has 1 aliphatic rings. The Labute approximate surface area is 475 Å². The number of aliphatic hydroxyl groups is 5. The lowest BCUT2D eigenvalue weighted by Crippen LogP contribution is -2.60. The fourth-order valence-corrected chi connectivity index (χ4v) is 9.97. The van der Waals surface area contributed by atoms with Gasteiger partial charge in [0.2, 0.25) is 6.79 Å². The Morgan fingerprint density at radius 1 is 0.544 bits per heavy atom. The molecule has 7 N–H and O–H groups in total. The van der Waals surface area contributed by atoms with E-state index in [1.807, 2.05) is 6.07 Å². The van der Waals surface area contributed by atoms with Crippen molar-refractivity contribution in [1.82, 2.24) is 10.6 Å². The highest BCUT2D eigenvalue weighted by atomic mass is 16.7. The van der Waals surface area contributed by atoms with Crippen molar-refractivity contribution in [2.24, 2.45) is 0 Å². The summed E-state index contributed by atoms with van der Waals surface area (Å²) in [6.07, 6.45) is 30.2. The van der Waals surface area contributed by atoms with Crippen LogP contribution < -0.4 is 10.6 Å². The molecule has 1 aliphatic heterocycles. The summed E-state index contributed by atoms with van der Waals surface area (Å²) in [5.41, 5.74) is 0.747. The van der Waals surface area contributed by atoms with Crippen molar-refractivity contribution in [1.29, 1.82) is 0 Å². The highest BCUT2D eigenvalue weighted by Crippen LogP contribution is 2.24. The van der Waals surface area contributed by atoms with Gasteiger partial charge in [-0.25, -0.2) is 9.59 Å². The number of carbonyl (C=O) groups is 4. The van der Waals surface area contributed by atoms with E-state index in [2.05, 4.69) is 24.5 Å². The van der Waals surface area contributed by atoms with Gasteiger partial charge >= 0.3 is 24.1 Å². The van der Waals surface area contributed by atoms with E-state index in [4.69, 9.17) is 28.4 Å². The first-order valence-corrected chi connectivity index (χ1v) is 31.3. The third-order valence-electron chi connectivity index (χ3n) is 15.0. The Morgan fingerprint density at radius 3 is 1.47 bits per heavy atom. The SMILES string of the molecule is CCCCCCCCCCCCCCCCCCCCCCCCCC(=O)O[C@H](CCCCCCCCCCCCCC)[C@@H](O)[C@H](CO[C@H]1O[C@H](CO)[C@H](O)[C@H](O)[C@H]1O)NC(=O)OCOC(=O)CNC(=O)OCc1ccccc1. The Balaban J connectivity index is 1.89. The zero-order valence-electron chi connectivity index (χ0n) is 49.0. The van der Waals surface area contributed by atoms with Crippen LogP contribution in [0.15, 0.2) is 30.3 Å². The maximum Gasteiger partial charge on any atom is 0.410 e. The van der Waals surface area contributed by atoms with Gasteiger partial charge < -0.3 is 64.6 Å². The maximum atomic E-state index is 13.4. The second kappa shape index (κ2) is 49.1. The fraction of sp³-hybridized carbons (Fsp3) is 0.839. The molecule has 458 valence electrons. The highest BCUT2D eigenvalue weighted by Gasteiger charge is 2.45. The molecule has 0 saturated carbocycles. The molecule has 0 aliphatic carbocycles. The van der Waals surface area contributed by atoms with Crippen molar-refractivity contribution in [3.05, 3.63) is 35.9 Å². The molecule has 1 saturated heterocycles. The first kappa shape index (κ1) is 71.5. The molecule has 0 spiro atoms. The molecular weight excluding hydrogens is 1010 g/mol. The predicted octanol–water partition coefficient (Wildman–Crippen LogP) is 12.1. The van der Waals surface area contributed by atoms with Crippen molar-refractivity contribution in [3.63, 3.8) is 0 Å². The van der Waals surface area contributed by atoms with Gasteiger partial charge in [0.25, 0.3) is 0 Å². The lowest BCUT2D eigenvalue weighted by molar-refractivity contribution is -0.303. The van der Waals surface area contributed by atoms with E-state index in [0.29, 0.717) is 12.8 Å². The summed E-state index contributed by atoms with van der Waals surface area (Å²) in [7, 11) is 0. The van der Waals surface area contributed by atoms with Gasteiger partial charge in [0, 0.05) is 6.42 Å². The van der Waals surface area contributed by atoms with E-state index < -0.39 is 99.6 Å². The zero-order valence-corrected chi connectivity index (χ0v) is 49.0. The van der Waals surface area contributed by atoms with Crippen LogP contribution in [0, 0.1) is 0 Å². The molecule has 1 heterocycles. The third kappa shape index (κ3) is 37.2. The van der Waals surface area contributed by atoms with E-state index in [0.717, 1.165) is 50.5 Å². The van der Waals surface area contributed by atoms with E-state index in [9.17, 15) is 44.7 Å². The van der Waals surface area contributed by atoms with Crippen LogP contribution >= 0.6 is 0 Å². The van der Waals surface area contributed by atoms with E-state index in [1.54, 1.807) is 24.3 Å². The number of esters is 2. The number of rotatable bonds is 51. The van der Waals surface area contributed by atoms with Gasteiger partial charge in [-0.3, -0.25) is 9.59 Å². The Hall–Kier alpha value is -3.58. The third-order valence-corrected chi connectivity index (χ3v) is 15.0. The van der Waals surface area contributed by atoms with Crippen LogP contribution in [0.2, 0.25) is 0 Å². The average molecular weight is 1120 g/mol. The van der Waals surface area contributed by atoms with Crippen LogP contribution in [0.4, 0.5) is 9.59 Å². The lowest BCUT2D eigenvalue weighted by Gasteiger charge is -2.40. The van der Waals surface area contributed by atoms with Crippen LogP contribution in [-0.2, 0) is 44.6 Å². The van der Waals surface area contributed by atoms with Gasteiger partial charge in [-0.1, -0.05) is 256 Å². The number of hydrogen-bond donors (Lipinski definition) is 7. The van der Waals surface area contributed by atoms with E-state index in [-0.39, 0.29) is 19.4 Å². The maximum absolute atomic E-state index is 13.4. The normalized spacial score (nSPS) is 18.3. The highest BCUT2D eigenvalue weighted by molar-refractivity contribution is 5.78. The molecule has 1 aromatic carbocycles. The minimum absolute atomic E-state index is 0.0166. The Bertz CT molecular complexity index is 1630. The van der Waals surface area contributed by atoms with Crippen LogP contribution in [0.3, 0.4) is 0 Å². The summed E-state index contributed by atoms with van der Waals surface area (Å²) in [4.78, 5) is 51.1. The molecule has 17 heteroatoms. The van der Waals surface area contributed by atoms with E-state index in [1.165, 1.54) is 167 Å². The minimum atomic E-state index is -1.77. The molecule has 0 radical (unpaired) electrons. The van der Waals surface area contributed by atoms with E-state index >= 15 is 0 Å². The molecule has 0 aromatic heterocycles. The molecule has 79 heavy (non-hydrogen) atoms. The number of nitrogens with one attached hydrogen (secondary N) is 2. The number of benzene rings is 1. The number of unbranched alkanes of at least 4 members (excludes halogenated alkanes) is 33. The summed E-state index contributed by atoms with van der Waals surface area (Å²) in [5.74, 6) is -1.44. The molecule has 0 bridgehead atoms. The topological polar surface area (TPSA) is 249 Å². The lowest BCUT2D eigenvalue weighted by atomic mass is 9.98. The quantitative estimate of drug-likeness (QED) is 0.0139. The summed E-state index contributed by atoms with van der Waals surface area (Å²) < 4.78 is 32.4. The number of amides is 2. The molecule has 2 rings (SSSR count). The first-order chi connectivity index (χ1) is 38.5. The second-order valence-electron chi connectivity index (χ2n) is 22.0. The molecule has 1 aromatic rings. The van der Waals surface area contributed by atoms with Crippen LogP contribution in [0.5, 0.6) is 0 Å². The van der Waals surface area contributed by atoms with Crippen LogP contribution in [0.25, 0.3) is 0 Å². The molecular formula is C62H110N2O15. The number of aliphatic hydroxyl groups excluding tert-OH is 5. The van der Waals surface area contributed by atoms with Crippen LogP contribution in [0.1, 0.15) is 257 Å². The molecule has 8 atom stereocenters. The summed E-state index contributed by atoms with van der Waals surface area (Å²) in [6.45, 7) is 1.72. The fourth-order valence-electron chi connectivity index (χ4n) is 9.97.